The smallest absolute Gasteiger partial charge is 0.0192 e. The molecule has 1 saturated heterocycles. The van der Waals surface area contributed by atoms with Crippen LogP contribution >= 0.6 is 0 Å². The summed E-state index contributed by atoms with van der Waals surface area (Å²) in [6, 6.07) is 0. The van der Waals surface area contributed by atoms with E-state index >= 15 is 0 Å². The van der Waals surface area contributed by atoms with Gasteiger partial charge in [0, 0.05) is 6.54 Å². The van der Waals surface area contributed by atoms with Gasteiger partial charge in [-0.1, -0.05) is 26.0 Å². The Bertz CT molecular complexity index is 132. The van der Waals surface area contributed by atoms with Gasteiger partial charge in [0.2, 0.25) is 0 Å². The molecule has 0 atom stereocenters. The Morgan fingerprint density at radius 1 is 1.36 bits per heavy atom. The molecule has 1 nitrogen and oxygen atoms in total. The zero-order valence-corrected chi connectivity index (χ0v) is 7.77. The maximum atomic E-state index is 4.08. The number of hydrogen-bond acceptors (Lipinski definition) is 1. The summed E-state index contributed by atoms with van der Waals surface area (Å²) in [4.78, 5) is 2.50. The molecule has 1 fully saturated rings. The molecule has 1 aliphatic heterocycles. The summed E-state index contributed by atoms with van der Waals surface area (Å²) in [5, 5.41) is 0. The summed E-state index contributed by atoms with van der Waals surface area (Å²) in [6.07, 6.45) is 2.76. The molecule has 0 radical (unpaired) electrons. The molecule has 11 heavy (non-hydrogen) atoms. The van der Waals surface area contributed by atoms with E-state index in [2.05, 4.69) is 25.3 Å². The number of nitrogens with zero attached hydrogens (tertiary/aromatic N) is 1. The van der Waals surface area contributed by atoms with Crippen molar-refractivity contribution in [1.29, 1.82) is 0 Å². The van der Waals surface area contributed by atoms with Crippen LogP contribution in [0.3, 0.4) is 0 Å². The van der Waals surface area contributed by atoms with Crippen LogP contribution in [0.15, 0.2) is 12.2 Å². The van der Waals surface area contributed by atoms with Gasteiger partial charge in [-0.3, -0.25) is 4.90 Å². The fourth-order valence-corrected chi connectivity index (χ4v) is 1.41. The quantitative estimate of drug-likeness (QED) is 0.562. The SMILES string of the molecule is C=C(CN1CCCC1)C(C)C. The second-order valence-electron chi connectivity index (χ2n) is 3.80. The lowest BCUT2D eigenvalue weighted by molar-refractivity contribution is 0.358. The molecule has 0 saturated carbocycles. The highest BCUT2D eigenvalue weighted by molar-refractivity contribution is 5.00. The van der Waals surface area contributed by atoms with Crippen molar-refractivity contribution in [3.63, 3.8) is 0 Å². The maximum Gasteiger partial charge on any atom is 0.0192 e. The van der Waals surface area contributed by atoms with Crippen molar-refractivity contribution in [1.82, 2.24) is 4.90 Å². The van der Waals surface area contributed by atoms with Gasteiger partial charge in [-0.05, 0) is 31.8 Å². The van der Waals surface area contributed by atoms with Crippen LogP contribution in [0.1, 0.15) is 26.7 Å². The van der Waals surface area contributed by atoms with Crippen LogP contribution in [0.4, 0.5) is 0 Å². The van der Waals surface area contributed by atoms with E-state index in [9.17, 15) is 0 Å². The van der Waals surface area contributed by atoms with E-state index < -0.39 is 0 Å². The van der Waals surface area contributed by atoms with E-state index in [1.807, 2.05) is 0 Å². The fourth-order valence-electron chi connectivity index (χ4n) is 1.41. The third-order valence-electron chi connectivity index (χ3n) is 2.44. The Balaban J connectivity index is 2.24. The number of likely N-dealkylation sites (tertiary alicyclic amines) is 1. The van der Waals surface area contributed by atoms with E-state index in [-0.39, 0.29) is 0 Å². The Morgan fingerprint density at radius 3 is 2.36 bits per heavy atom. The molecular formula is C10H19N. The number of hydrogen-bond donors (Lipinski definition) is 0. The van der Waals surface area contributed by atoms with E-state index in [1.165, 1.54) is 31.5 Å². The third kappa shape index (κ3) is 2.66. The van der Waals surface area contributed by atoms with Crippen LogP contribution in [-0.4, -0.2) is 24.5 Å². The normalized spacial score (nSPS) is 19.5. The maximum absolute atomic E-state index is 4.08. The standard InChI is InChI=1S/C10H19N/c1-9(2)10(3)8-11-6-4-5-7-11/h9H,3-8H2,1-2H3. The highest BCUT2D eigenvalue weighted by Crippen LogP contribution is 2.13. The molecule has 0 N–H and O–H groups in total. The first-order valence-electron chi connectivity index (χ1n) is 4.60. The second-order valence-corrected chi connectivity index (χ2v) is 3.80. The molecule has 0 unspecified atom stereocenters. The van der Waals surface area contributed by atoms with Crippen molar-refractivity contribution in [3.05, 3.63) is 12.2 Å². The lowest BCUT2D eigenvalue weighted by Crippen LogP contribution is -2.23. The molecule has 0 spiro atoms. The summed E-state index contributed by atoms with van der Waals surface area (Å²) in [7, 11) is 0. The Hall–Kier alpha value is -0.300. The minimum absolute atomic E-state index is 0.649. The van der Waals surface area contributed by atoms with Gasteiger partial charge in [0.05, 0.1) is 0 Å². The van der Waals surface area contributed by atoms with Crippen LogP contribution in [0.25, 0.3) is 0 Å². The molecule has 0 aromatic carbocycles. The van der Waals surface area contributed by atoms with E-state index in [1.54, 1.807) is 0 Å². The average Bonchev–Trinajstić information content (AvgIpc) is 2.39. The fraction of sp³-hybridized carbons (Fsp3) is 0.800. The van der Waals surface area contributed by atoms with Crippen molar-refractivity contribution in [2.45, 2.75) is 26.7 Å². The molecule has 64 valence electrons. The summed E-state index contributed by atoms with van der Waals surface area (Å²) < 4.78 is 0. The molecule has 0 amide bonds. The van der Waals surface area contributed by atoms with E-state index in [0.29, 0.717) is 5.92 Å². The minimum Gasteiger partial charge on any atom is -0.299 e. The van der Waals surface area contributed by atoms with Crippen LogP contribution in [0.5, 0.6) is 0 Å². The second kappa shape index (κ2) is 3.91. The molecule has 1 heteroatoms. The van der Waals surface area contributed by atoms with Gasteiger partial charge >= 0.3 is 0 Å². The van der Waals surface area contributed by atoms with Crippen molar-refractivity contribution in [2.24, 2.45) is 5.92 Å². The zero-order valence-electron chi connectivity index (χ0n) is 7.77. The van der Waals surface area contributed by atoms with Crippen LogP contribution in [0.2, 0.25) is 0 Å². The molecule has 0 aromatic heterocycles. The largest absolute Gasteiger partial charge is 0.299 e. The van der Waals surface area contributed by atoms with Gasteiger partial charge in [0.15, 0.2) is 0 Å². The van der Waals surface area contributed by atoms with Crippen molar-refractivity contribution in [2.75, 3.05) is 19.6 Å². The highest BCUT2D eigenvalue weighted by atomic mass is 15.1. The lowest BCUT2D eigenvalue weighted by atomic mass is 10.1. The van der Waals surface area contributed by atoms with Crippen molar-refractivity contribution >= 4 is 0 Å². The van der Waals surface area contributed by atoms with Crippen LogP contribution < -0.4 is 0 Å². The first kappa shape index (κ1) is 8.79. The summed E-state index contributed by atoms with van der Waals surface area (Å²) in [6.45, 7) is 12.2. The molecule has 1 heterocycles. The summed E-state index contributed by atoms with van der Waals surface area (Å²) in [5.41, 5.74) is 1.38. The molecular weight excluding hydrogens is 134 g/mol. The van der Waals surface area contributed by atoms with Crippen LogP contribution in [-0.2, 0) is 0 Å². The van der Waals surface area contributed by atoms with Crippen LogP contribution in [0, 0.1) is 5.92 Å². The van der Waals surface area contributed by atoms with E-state index in [0.717, 1.165) is 6.54 Å². The third-order valence-corrected chi connectivity index (χ3v) is 2.44. The molecule has 0 aliphatic carbocycles. The average molecular weight is 153 g/mol. The molecule has 0 aromatic rings. The van der Waals surface area contributed by atoms with Crippen molar-refractivity contribution in [3.8, 4) is 0 Å². The lowest BCUT2D eigenvalue weighted by Gasteiger charge is -2.18. The topological polar surface area (TPSA) is 3.24 Å². The van der Waals surface area contributed by atoms with Gasteiger partial charge in [-0.15, -0.1) is 0 Å². The van der Waals surface area contributed by atoms with Gasteiger partial charge in [-0.2, -0.15) is 0 Å². The molecule has 1 aliphatic rings. The van der Waals surface area contributed by atoms with Gasteiger partial charge in [-0.25, -0.2) is 0 Å². The first-order chi connectivity index (χ1) is 5.20. The first-order valence-corrected chi connectivity index (χ1v) is 4.60. The van der Waals surface area contributed by atoms with Crippen molar-refractivity contribution < 1.29 is 0 Å². The molecule has 0 bridgehead atoms. The summed E-state index contributed by atoms with van der Waals surface area (Å²) >= 11 is 0. The molecule has 1 rings (SSSR count). The zero-order chi connectivity index (χ0) is 8.27. The van der Waals surface area contributed by atoms with Gasteiger partial charge in [0.25, 0.3) is 0 Å². The highest BCUT2D eigenvalue weighted by Gasteiger charge is 2.12. The summed E-state index contributed by atoms with van der Waals surface area (Å²) in [5.74, 6) is 0.649. The van der Waals surface area contributed by atoms with Gasteiger partial charge in [0.1, 0.15) is 0 Å². The minimum atomic E-state index is 0.649. The Kier molecular flexibility index (Phi) is 3.13. The predicted molar refractivity (Wildman–Crippen MR) is 49.7 cm³/mol. The Labute approximate surface area is 70.1 Å². The number of rotatable bonds is 3. The van der Waals surface area contributed by atoms with E-state index in [4.69, 9.17) is 0 Å². The predicted octanol–water partition coefficient (Wildman–Crippen LogP) is 2.29. The monoisotopic (exact) mass is 153 g/mol. The van der Waals surface area contributed by atoms with Gasteiger partial charge < -0.3 is 0 Å². The Morgan fingerprint density at radius 2 is 1.91 bits per heavy atom.